The van der Waals surface area contributed by atoms with Crippen LogP contribution >= 0.6 is 0 Å². The summed E-state index contributed by atoms with van der Waals surface area (Å²) < 4.78 is 5.05. The van der Waals surface area contributed by atoms with Crippen molar-refractivity contribution in [2.24, 2.45) is 0 Å². The topological polar surface area (TPSA) is 70.4 Å². The molecule has 1 aliphatic heterocycles. The summed E-state index contributed by atoms with van der Waals surface area (Å²) in [5.41, 5.74) is 0. The van der Waals surface area contributed by atoms with Gasteiger partial charge in [-0.1, -0.05) is 36.4 Å². The highest BCUT2D eigenvalue weighted by molar-refractivity contribution is 5.26. The highest BCUT2D eigenvalue weighted by Gasteiger charge is 2.12. The number of rotatable bonds is 1. The Kier molecular flexibility index (Phi) is 10.5. The molecule has 2 N–H and O–H groups in total. The molecule has 4 heteroatoms. The van der Waals surface area contributed by atoms with Crippen molar-refractivity contribution in [2.45, 2.75) is 18.9 Å². The van der Waals surface area contributed by atoms with E-state index in [4.69, 9.17) is 20.0 Å². The van der Waals surface area contributed by atoms with Crippen molar-refractivity contribution in [1.29, 1.82) is 5.41 Å². The first kappa shape index (κ1) is 14.5. The molecule has 1 saturated heterocycles. The van der Waals surface area contributed by atoms with Crippen LogP contribution < -0.4 is 0 Å². The SMILES string of the molecule is N=C=O.OCC1CCCO1.c1ccccc1. The lowest BCUT2D eigenvalue weighted by atomic mass is 10.2. The molecule has 88 valence electrons. The maximum Gasteiger partial charge on any atom is 0.231 e. The molecule has 1 atom stereocenters. The van der Waals surface area contributed by atoms with Gasteiger partial charge in [-0.05, 0) is 12.8 Å². The third kappa shape index (κ3) is 9.09. The molecule has 1 aromatic rings. The Morgan fingerprint density at radius 1 is 1.25 bits per heavy atom. The Labute approximate surface area is 95.4 Å². The van der Waals surface area contributed by atoms with Crippen LogP contribution in [-0.2, 0) is 9.53 Å². The van der Waals surface area contributed by atoms with Gasteiger partial charge in [-0.3, -0.25) is 0 Å². The Morgan fingerprint density at radius 2 is 1.69 bits per heavy atom. The summed E-state index contributed by atoms with van der Waals surface area (Å²) >= 11 is 0. The van der Waals surface area contributed by atoms with Crippen LogP contribution in [0.1, 0.15) is 12.8 Å². The van der Waals surface area contributed by atoms with E-state index in [1.807, 2.05) is 36.4 Å². The minimum Gasteiger partial charge on any atom is -0.394 e. The molecule has 0 radical (unpaired) electrons. The second kappa shape index (κ2) is 11.6. The van der Waals surface area contributed by atoms with Crippen molar-refractivity contribution in [3.8, 4) is 0 Å². The van der Waals surface area contributed by atoms with Gasteiger partial charge in [0.05, 0.1) is 12.7 Å². The maximum absolute atomic E-state index is 8.44. The van der Waals surface area contributed by atoms with Gasteiger partial charge in [-0.2, -0.15) is 0 Å². The second-order valence-corrected chi connectivity index (χ2v) is 3.07. The van der Waals surface area contributed by atoms with Crippen molar-refractivity contribution in [2.75, 3.05) is 13.2 Å². The molecule has 0 aliphatic carbocycles. The molecule has 1 aliphatic rings. The summed E-state index contributed by atoms with van der Waals surface area (Å²) in [6, 6.07) is 12.0. The number of benzene rings is 1. The molecule has 1 aromatic carbocycles. The third-order valence-electron chi connectivity index (χ3n) is 1.89. The molecule has 0 amide bonds. The van der Waals surface area contributed by atoms with Crippen molar-refractivity contribution in [3.05, 3.63) is 36.4 Å². The molecular formula is C12H17NO3. The van der Waals surface area contributed by atoms with E-state index < -0.39 is 0 Å². The first-order chi connectivity index (χ1) is 7.85. The first-order valence-corrected chi connectivity index (χ1v) is 5.11. The van der Waals surface area contributed by atoms with Crippen LogP contribution in [0.25, 0.3) is 0 Å². The van der Waals surface area contributed by atoms with Crippen LogP contribution in [0.4, 0.5) is 0 Å². The molecule has 1 unspecified atom stereocenters. The van der Waals surface area contributed by atoms with Gasteiger partial charge in [-0.25, -0.2) is 10.2 Å². The molecule has 4 nitrogen and oxygen atoms in total. The van der Waals surface area contributed by atoms with Gasteiger partial charge in [0.1, 0.15) is 0 Å². The minimum absolute atomic E-state index is 0.153. The van der Waals surface area contributed by atoms with E-state index in [0.29, 0.717) is 0 Å². The number of hydrogen-bond donors (Lipinski definition) is 2. The molecule has 16 heavy (non-hydrogen) atoms. The van der Waals surface area contributed by atoms with Crippen molar-refractivity contribution >= 4 is 6.08 Å². The molecule has 0 saturated carbocycles. The normalized spacial score (nSPS) is 17.2. The van der Waals surface area contributed by atoms with Gasteiger partial charge in [0.15, 0.2) is 0 Å². The number of aliphatic hydroxyl groups excluding tert-OH is 1. The van der Waals surface area contributed by atoms with E-state index in [1.165, 1.54) is 0 Å². The van der Waals surface area contributed by atoms with Gasteiger partial charge in [0.25, 0.3) is 0 Å². The molecule has 1 fully saturated rings. The minimum atomic E-state index is 0.153. The number of hydrogen-bond acceptors (Lipinski definition) is 4. The lowest BCUT2D eigenvalue weighted by Gasteiger charge is -2.00. The average molecular weight is 223 g/mol. The molecule has 0 aromatic heterocycles. The van der Waals surface area contributed by atoms with Crippen LogP contribution in [0.2, 0.25) is 0 Å². The largest absolute Gasteiger partial charge is 0.394 e. The molecule has 0 bridgehead atoms. The fraction of sp³-hybridized carbons (Fsp3) is 0.417. The number of ether oxygens (including phenoxy) is 1. The van der Waals surface area contributed by atoms with Gasteiger partial charge >= 0.3 is 0 Å². The van der Waals surface area contributed by atoms with Crippen LogP contribution in [-0.4, -0.2) is 30.5 Å². The fourth-order valence-corrected chi connectivity index (χ4v) is 1.17. The zero-order valence-corrected chi connectivity index (χ0v) is 9.13. The quantitative estimate of drug-likeness (QED) is 0.562. The number of carbonyl (C=O) groups excluding carboxylic acids is 1. The highest BCUT2D eigenvalue weighted by Crippen LogP contribution is 2.09. The van der Waals surface area contributed by atoms with E-state index in [1.54, 1.807) is 0 Å². The Morgan fingerprint density at radius 3 is 1.88 bits per heavy atom. The molecule has 0 spiro atoms. The van der Waals surface area contributed by atoms with E-state index in [0.717, 1.165) is 25.5 Å². The van der Waals surface area contributed by atoms with E-state index in [9.17, 15) is 0 Å². The summed E-state index contributed by atoms with van der Waals surface area (Å²) in [5.74, 6) is 0. The highest BCUT2D eigenvalue weighted by atomic mass is 16.5. The fourth-order valence-electron chi connectivity index (χ4n) is 1.17. The van der Waals surface area contributed by atoms with E-state index in [2.05, 4.69) is 0 Å². The maximum atomic E-state index is 8.44. The molecule has 2 rings (SSSR count). The summed E-state index contributed by atoms with van der Waals surface area (Å²) in [7, 11) is 0. The summed E-state index contributed by atoms with van der Waals surface area (Å²) in [6.07, 6.45) is 3.06. The summed E-state index contributed by atoms with van der Waals surface area (Å²) in [4.78, 5) is 8.35. The van der Waals surface area contributed by atoms with Crippen LogP contribution in [0.5, 0.6) is 0 Å². The zero-order chi connectivity index (χ0) is 12.1. The van der Waals surface area contributed by atoms with Crippen molar-refractivity contribution < 1.29 is 14.6 Å². The van der Waals surface area contributed by atoms with E-state index in [-0.39, 0.29) is 12.7 Å². The summed E-state index contributed by atoms with van der Waals surface area (Å²) in [5, 5.41) is 13.8. The van der Waals surface area contributed by atoms with Crippen LogP contribution in [0, 0.1) is 5.41 Å². The number of nitrogens with one attached hydrogen (secondary N) is 1. The van der Waals surface area contributed by atoms with Gasteiger partial charge in [-0.15, -0.1) is 0 Å². The van der Waals surface area contributed by atoms with Gasteiger partial charge in [0, 0.05) is 6.61 Å². The molecule has 1 heterocycles. The smallest absolute Gasteiger partial charge is 0.231 e. The number of aliphatic hydroxyl groups is 1. The predicted molar refractivity (Wildman–Crippen MR) is 60.9 cm³/mol. The number of isocyanates is 1. The Balaban J connectivity index is 0.000000230. The zero-order valence-electron chi connectivity index (χ0n) is 9.13. The monoisotopic (exact) mass is 223 g/mol. The van der Waals surface area contributed by atoms with Crippen molar-refractivity contribution in [1.82, 2.24) is 0 Å². The van der Waals surface area contributed by atoms with Gasteiger partial charge in [0.2, 0.25) is 6.08 Å². The standard InChI is InChI=1S/C6H6.C5H10O2.CHNO/c1-2-4-6-5-3-1;6-4-5-2-1-3-7-5;2-1-3/h1-6H;5-6H,1-4H2;2H. The second-order valence-electron chi connectivity index (χ2n) is 3.07. The van der Waals surface area contributed by atoms with Crippen LogP contribution in [0.15, 0.2) is 36.4 Å². The Hall–Kier alpha value is -1.48. The van der Waals surface area contributed by atoms with Crippen LogP contribution in [0.3, 0.4) is 0 Å². The van der Waals surface area contributed by atoms with Crippen molar-refractivity contribution in [3.63, 3.8) is 0 Å². The average Bonchev–Trinajstić information content (AvgIpc) is 2.86. The predicted octanol–water partition coefficient (Wildman–Crippen LogP) is 1.75. The lowest BCUT2D eigenvalue weighted by Crippen LogP contribution is -2.09. The van der Waals surface area contributed by atoms with Gasteiger partial charge < -0.3 is 9.84 Å². The molecular weight excluding hydrogens is 206 g/mol. The van der Waals surface area contributed by atoms with E-state index >= 15 is 0 Å². The first-order valence-electron chi connectivity index (χ1n) is 5.11. The Bertz CT molecular complexity index is 238. The summed E-state index contributed by atoms with van der Waals surface area (Å²) in [6.45, 7) is 1.03. The lowest BCUT2D eigenvalue weighted by molar-refractivity contribution is 0.0591. The third-order valence-corrected chi connectivity index (χ3v) is 1.89.